The van der Waals surface area contributed by atoms with Crippen molar-refractivity contribution in [2.45, 2.75) is 36.8 Å². The Balaban J connectivity index is 1.69. The molecule has 0 saturated carbocycles. The fraction of sp³-hybridized carbons (Fsp3) is 0.350. The molecule has 24 heavy (non-hydrogen) atoms. The maximum absolute atomic E-state index is 12.5. The van der Waals surface area contributed by atoms with Crippen molar-refractivity contribution in [2.24, 2.45) is 0 Å². The summed E-state index contributed by atoms with van der Waals surface area (Å²) in [5, 5.41) is 3.56. The van der Waals surface area contributed by atoms with Crippen LogP contribution in [0.1, 0.15) is 25.8 Å². The van der Waals surface area contributed by atoms with Crippen molar-refractivity contribution in [3.63, 3.8) is 0 Å². The molecule has 0 bridgehead atoms. The third-order valence-corrected chi connectivity index (χ3v) is 5.77. The van der Waals surface area contributed by atoms with Crippen molar-refractivity contribution in [2.75, 3.05) is 23.3 Å². The van der Waals surface area contributed by atoms with Gasteiger partial charge in [-0.05, 0) is 42.7 Å². The number of hydrogen-bond acceptors (Lipinski definition) is 3. The zero-order chi connectivity index (χ0) is 16.9. The molecular weight excluding hydrogens is 316 g/mol. The molecule has 3 nitrogen and oxygen atoms in total. The van der Waals surface area contributed by atoms with Crippen molar-refractivity contribution >= 4 is 29.0 Å². The molecule has 1 aliphatic heterocycles. The SMILES string of the molecule is CCc1ccc(NC(=O)CN2C[C@H](CC)Sc3ccccc32)cc1. The minimum Gasteiger partial charge on any atom is -0.360 e. The average Bonchev–Trinajstić information content (AvgIpc) is 2.62. The highest BCUT2D eigenvalue weighted by Crippen LogP contribution is 2.39. The predicted octanol–water partition coefficient (Wildman–Crippen LogP) is 4.58. The Morgan fingerprint density at radius 1 is 1.17 bits per heavy atom. The van der Waals surface area contributed by atoms with Gasteiger partial charge in [-0.25, -0.2) is 0 Å². The van der Waals surface area contributed by atoms with Gasteiger partial charge >= 0.3 is 0 Å². The van der Waals surface area contributed by atoms with Crippen LogP contribution in [0.25, 0.3) is 0 Å². The molecule has 1 N–H and O–H groups in total. The van der Waals surface area contributed by atoms with Gasteiger partial charge < -0.3 is 10.2 Å². The Morgan fingerprint density at radius 2 is 1.92 bits per heavy atom. The van der Waals surface area contributed by atoms with E-state index in [1.54, 1.807) is 0 Å². The van der Waals surface area contributed by atoms with Crippen molar-refractivity contribution in [1.82, 2.24) is 0 Å². The van der Waals surface area contributed by atoms with E-state index in [0.29, 0.717) is 11.8 Å². The molecule has 0 radical (unpaired) electrons. The molecule has 0 fully saturated rings. The molecule has 0 unspecified atom stereocenters. The second kappa shape index (κ2) is 7.75. The van der Waals surface area contributed by atoms with Crippen LogP contribution < -0.4 is 10.2 Å². The molecule has 2 aromatic rings. The van der Waals surface area contributed by atoms with E-state index < -0.39 is 0 Å². The fourth-order valence-electron chi connectivity index (χ4n) is 2.94. The van der Waals surface area contributed by atoms with Crippen LogP contribution in [0.4, 0.5) is 11.4 Å². The quantitative estimate of drug-likeness (QED) is 0.865. The summed E-state index contributed by atoms with van der Waals surface area (Å²) in [6, 6.07) is 16.5. The number of thioether (sulfide) groups is 1. The van der Waals surface area contributed by atoms with Gasteiger partial charge in [0.25, 0.3) is 0 Å². The Morgan fingerprint density at radius 3 is 2.62 bits per heavy atom. The summed E-state index contributed by atoms with van der Waals surface area (Å²) < 4.78 is 0. The first-order valence-electron chi connectivity index (χ1n) is 8.59. The van der Waals surface area contributed by atoms with Crippen LogP contribution in [-0.2, 0) is 11.2 Å². The van der Waals surface area contributed by atoms with E-state index in [1.165, 1.54) is 16.1 Å². The highest BCUT2D eigenvalue weighted by Gasteiger charge is 2.25. The molecule has 1 atom stereocenters. The topological polar surface area (TPSA) is 32.3 Å². The predicted molar refractivity (Wildman–Crippen MR) is 103 cm³/mol. The lowest BCUT2D eigenvalue weighted by Crippen LogP contribution is -2.40. The largest absolute Gasteiger partial charge is 0.360 e. The van der Waals surface area contributed by atoms with E-state index in [-0.39, 0.29) is 5.91 Å². The van der Waals surface area contributed by atoms with E-state index in [1.807, 2.05) is 30.0 Å². The Bertz CT molecular complexity index is 699. The van der Waals surface area contributed by atoms with Crippen LogP contribution in [0.5, 0.6) is 0 Å². The first-order chi connectivity index (χ1) is 11.7. The first kappa shape index (κ1) is 16.9. The lowest BCUT2D eigenvalue weighted by molar-refractivity contribution is -0.115. The van der Waals surface area contributed by atoms with Gasteiger partial charge in [0.2, 0.25) is 5.91 Å². The Labute approximate surface area is 148 Å². The standard InChI is InChI=1S/C20H24N2OS/c1-3-15-9-11-16(12-10-15)21-20(23)14-22-13-17(4-2)24-19-8-6-5-7-18(19)22/h5-12,17H,3-4,13-14H2,1-2H3,(H,21,23)/t17-/m0/s1. The van der Waals surface area contributed by atoms with Gasteiger partial charge in [-0.1, -0.05) is 38.1 Å². The zero-order valence-corrected chi connectivity index (χ0v) is 15.1. The first-order valence-corrected chi connectivity index (χ1v) is 9.47. The molecule has 4 heteroatoms. The zero-order valence-electron chi connectivity index (χ0n) is 14.3. The number of hydrogen-bond donors (Lipinski definition) is 1. The summed E-state index contributed by atoms with van der Waals surface area (Å²) in [4.78, 5) is 16.0. The summed E-state index contributed by atoms with van der Waals surface area (Å²) in [5.74, 6) is 0.0378. The van der Waals surface area contributed by atoms with Crippen molar-refractivity contribution in [1.29, 1.82) is 0 Å². The van der Waals surface area contributed by atoms with Crippen LogP contribution in [0, 0.1) is 0 Å². The maximum Gasteiger partial charge on any atom is 0.243 e. The summed E-state index contributed by atoms with van der Waals surface area (Å²) in [5.41, 5.74) is 3.31. The van der Waals surface area contributed by atoms with Crippen LogP contribution in [0.2, 0.25) is 0 Å². The van der Waals surface area contributed by atoms with Gasteiger partial charge in [0.1, 0.15) is 0 Å². The number of anilines is 2. The molecule has 0 aliphatic carbocycles. The van der Waals surface area contributed by atoms with Crippen LogP contribution in [0.15, 0.2) is 53.4 Å². The molecule has 0 aromatic heterocycles. The second-order valence-electron chi connectivity index (χ2n) is 6.10. The highest BCUT2D eigenvalue weighted by molar-refractivity contribution is 8.00. The van der Waals surface area contributed by atoms with Gasteiger partial charge in [-0.3, -0.25) is 4.79 Å². The average molecular weight is 340 g/mol. The fourth-order valence-corrected chi connectivity index (χ4v) is 4.19. The summed E-state index contributed by atoms with van der Waals surface area (Å²) in [6.45, 7) is 5.65. The Kier molecular flexibility index (Phi) is 5.46. The summed E-state index contributed by atoms with van der Waals surface area (Å²) in [7, 11) is 0. The number of nitrogens with zero attached hydrogens (tertiary/aromatic N) is 1. The number of carbonyl (C=O) groups is 1. The van der Waals surface area contributed by atoms with E-state index in [0.717, 1.165) is 25.1 Å². The van der Waals surface area contributed by atoms with Crippen molar-refractivity contribution < 1.29 is 4.79 Å². The molecule has 1 amide bonds. The lowest BCUT2D eigenvalue weighted by Gasteiger charge is -2.34. The van der Waals surface area contributed by atoms with Crippen LogP contribution in [0.3, 0.4) is 0 Å². The molecule has 0 saturated heterocycles. The molecule has 3 rings (SSSR count). The number of benzene rings is 2. The third kappa shape index (κ3) is 3.93. The highest BCUT2D eigenvalue weighted by atomic mass is 32.2. The number of amides is 1. The number of fused-ring (bicyclic) bond motifs is 1. The van der Waals surface area contributed by atoms with Crippen molar-refractivity contribution in [3.8, 4) is 0 Å². The molecule has 1 aliphatic rings. The van der Waals surface area contributed by atoms with Crippen molar-refractivity contribution in [3.05, 3.63) is 54.1 Å². The van der Waals surface area contributed by atoms with Gasteiger partial charge in [0.15, 0.2) is 0 Å². The minimum absolute atomic E-state index is 0.0378. The van der Waals surface area contributed by atoms with Gasteiger partial charge in [0.05, 0.1) is 12.2 Å². The molecular formula is C20H24N2OS. The molecule has 1 heterocycles. The second-order valence-corrected chi connectivity index (χ2v) is 7.44. The van der Waals surface area contributed by atoms with Gasteiger partial charge in [0, 0.05) is 22.4 Å². The van der Waals surface area contributed by atoms with E-state index in [9.17, 15) is 4.79 Å². The molecule has 0 spiro atoms. The van der Waals surface area contributed by atoms with Crippen LogP contribution in [-0.4, -0.2) is 24.2 Å². The maximum atomic E-state index is 12.5. The summed E-state index contributed by atoms with van der Waals surface area (Å²) >= 11 is 1.92. The molecule has 2 aromatic carbocycles. The van der Waals surface area contributed by atoms with Crippen LogP contribution >= 0.6 is 11.8 Å². The minimum atomic E-state index is 0.0378. The smallest absolute Gasteiger partial charge is 0.243 e. The van der Waals surface area contributed by atoms with E-state index >= 15 is 0 Å². The lowest BCUT2D eigenvalue weighted by atomic mass is 10.1. The number of para-hydroxylation sites is 1. The number of carbonyl (C=O) groups excluding carboxylic acids is 1. The normalized spacial score (nSPS) is 16.6. The number of nitrogens with one attached hydrogen (secondary N) is 1. The number of rotatable bonds is 5. The van der Waals surface area contributed by atoms with Gasteiger partial charge in [-0.15, -0.1) is 11.8 Å². The van der Waals surface area contributed by atoms with E-state index in [4.69, 9.17) is 0 Å². The Hall–Kier alpha value is -1.94. The number of aryl methyl sites for hydroxylation is 1. The summed E-state index contributed by atoms with van der Waals surface area (Å²) in [6.07, 6.45) is 2.12. The van der Waals surface area contributed by atoms with E-state index in [2.05, 4.69) is 54.4 Å². The van der Waals surface area contributed by atoms with Gasteiger partial charge in [-0.2, -0.15) is 0 Å². The molecule has 126 valence electrons. The third-order valence-electron chi connectivity index (χ3n) is 4.36. The monoisotopic (exact) mass is 340 g/mol.